The minimum Gasteiger partial charge on any atom is -0.490 e. The molecule has 0 aromatic heterocycles. The first kappa shape index (κ1) is 19.3. The van der Waals surface area contributed by atoms with Crippen molar-refractivity contribution in [3.05, 3.63) is 58.6 Å². The molecule has 1 amide bonds. The third kappa shape index (κ3) is 6.11. The van der Waals surface area contributed by atoms with Crippen molar-refractivity contribution in [2.45, 2.75) is 20.0 Å². The molecule has 0 aliphatic carbocycles. The lowest BCUT2D eigenvalue weighted by Crippen LogP contribution is -2.16. The number of nitriles is 1. The van der Waals surface area contributed by atoms with E-state index in [4.69, 9.17) is 26.3 Å². The number of nitrogens with zero attached hydrogens (tertiary/aromatic N) is 2. The maximum absolute atomic E-state index is 11.2. The van der Waals surface area contributed by atoms with Crippen LogP contribution >= 0.6 is 11.6 Å². The van der Waals surface area contributed by atoms with Crippen LogP contribution < -0.4 is 14.9 Å². The van der Waals surface area contributed by atoms with Gasteiger partial charge in [0.15, 0.2) is 11.5 Å². The molecule has 2 aromatic rings. The Bertz CT molecular complexity index is 831. The third-order valence-electron chi connectivity index (χ3n) is 3.19. The van der Waals surface area contributed by atoms with E-state index in [1.54, 1.807) is 30.3 Å². The summed E-state index contributed by atoms with van der Waals surface area (Å²) in [6, 6.07) is 14.5. The number of hydrogen-bond acceptors (Lipinski definition) is 5. The highest BCUT2D eigenvalue weighted by Crippen LogP contribution is 2.29. The molecule has 6 nitrogen and oxygen atoms in total. The predicted molar refractivity (Wildman–Crippen MR) is 99.4 cm³/mol. The Morgan fingerprint density at radius 3 is 2.85 bits per heavy atom. The quantitative estimate of drug-likeness (QED) is 0.566. The second kappa shape index (κ2) is 10.1. The van der Waals surface area contributed by atoms with E-state index in [2.05, 4.69) is 10.5 Å². The highest BCUT2D eigenvalue weighted by atomic mass is 35.5. The van der Waals surface area contributed by atoms with Crippen LogP contribution in [0.5, 0.6) is 11.5 Å². The molecule has 0 unspecified atom stereocenters. The zero-order valence-electron chi connectivity index (χ0n) is 14.2. The van der Waals surface area contributed by atoms with Crippen LogP contribution in [0.1, 0.15) is 24.5 Å². The van der Waals surface area contributed by atoms with E-state index < -0.39 is 5.91 Å². The van der Waals surface area contributed by atoms with Crippen molar-refractivity contribution < 1.29 is 14.3 Å². The minimum absolute atomic E-state index is 0.238. The lowest BCUT2D eigenvalue weighted by Gasteiger charge is -2.12. The fourth-order valence-electron chi connectivity index (χ4n) is 2.07. The van der Waals surface area contributed by atoms with Crippen LogP contribution in [0, 0.1) is 11.3 Å². The SMILES string of the molecule is CCOc1cc(/C=N\NC(=O)CC#N)ccc1OCc1cccc(Cl)c1. The van der Waals surface area contributed by atoms with Crippen LogP contribution in [0.3, 0.4) is 0 Å². The van der Waals surface area contributed by atoms with Crippen LogP contribution in [0.25, 0.3) is 0 Å². The summed E-state index contributed by atoms with van der Waals surface area (Å²) in [6.45, 7) is 2.72. The normalized spacial score (nSPS) is 10.3. The molecule has 0 aliphatic heterocycles. The third-order valence-corrected chi connectivity index (χ3v) is 3.43. The predicted octanol–water partition coefficient (Wildman–Crippen LogP) is 3.68. The summed E-state index contributed by atoms with van der Waals surface area (Å²) in [7, 11) is 0. The number of hydrazone groups is 1. The van der Waals surface area contributed by atoms with Crippen molar-refractivity contribution in [2.75, 3.05) is 6.61 Å². The largest absolute Gasteiger partial charge is 0.490 e. The summed E-state index contributed by atoms with van der Waals surface area (Å²) < 4.78 is 11.4. The van der Waals surface area contributed by atoms with Gasteiger partial charge in [-0.2, -0.15) is 10.4 Å². The lowest BCUT2D eigenvalue weighted by atomic mass is 10.2. The van der Waals surface area contributed by atoms with E-state index in [0.717, 1.165) is 11.1 Å². The Kier molecular flexibility index (Phi) is 7.47. The van der Waals surface area contributed by atoms with Gasteiger partial charge in [0, 0.05) is 5.02 Å². The molecular formula is C19H18ClN3O3. The van der Waals surface area contributed by atoms with Gasteiger partial charge in [0.1, 0.15) is 13.0 Å². The molecule has 7 heteroatoms. The van der Waals surface area contributed by atoms with E-state index in [9.17, 15) is 4.79 Å². The van der Waals surface area contributed by atoms with Crippen molar-refractivity contribution >= 4 is 23.7 Å². The molecule has 134 valence electrons. The number of ether oxygens (including phenoxy) is 2. The molecule has 0 spiro atoms. The van der Waals surface area contributed by atoms with Crippen molar-refractivity contribution in [3.63, 3.8) is 0 Å². The van der Waals surface area contributed by atoms with E-state index in [1.807, 2.05) is 25.1 Å². The Morgan fingerprint density at radius 2 is 2.12 bits per heavy atom. The van der Waals surface area contributed by atoms with Gasteiger partial charge in [0.05, 0.1) is 18.9 Å². The molecule has 0 atom stereocenters. The molecule has 0 bridgehead atoms. The molecule has 0 heterocycles. The Balaban J connectivity index is 2.06. The van der Waals surface area contributed by atoms with Crippen LogP contribution in [0.15, 0.2) is 47.6 Å². The van der Waals surface area contributed by atoms with Gasteiger partial charge >= 0.3 is 0 Å². The Morgan fingerprint density at radius 1 is 1.27 bits per heavy atom. The van der Waals surface area contributed by atoms with E-state index >= 15 is 0 Å². The number of rotatable bonds is 8. The number of carbonyl (C=O) groups excluding carboxylic acids is 1. The molecule has 0 radical (unpaired) electrons. The summed E-state index contributed by atoms with van der Waals surface area (Å²) in [5, 5.41) is 12.9. The van der Waals surface area contributed by atoms with Gasteiger partial charge < -0.3 is 9.47 Å². The average Bonchev–Trinajstić information content (AvgIpc) is 2.62. The van der Waals surface area contributed by atoms with E-state index in [-0.39, 0.29) is 6.42 Å². The summed E-state index contributed by atoms with van der Waals surface area (Å²) in [4.78, 5) is 11.2. The van der Waals surface area contributed by atoms with Crippen molar-refractivity contribution in [1.29, 1.82) is 5.26 Å². The Labute approximate surface area is 157 Å². The summed E-state index contributed by atoms with van der Waals surface area (Å²) >= 11 is 5.98. The molecule has 0 fully saturated rings. The number of hydrogen-bond donors (Lipinski definition) is 1. The highest BCUT2D eigenvalue weighted by Gasteiger charge is 2.07. The van der Waals surface area contributed by atoms with Crippen LogP contribution in [-0.2, 0) is 11.4 Å². The topological polar surface area (TPSA) is 83.7 Å². The summed E-state index contributed by atoms with van der Waals surface area (Å²) in [5.74, 6) is 0.703. The van der Waals surface area contributed by atoms with Crippen LogP contribution in [-0.4, -0.2) is 18.7 Å². The highest BCUT2D eigenvalue weighted by molar-refractivity contribution is 6.30. The van der Waals surface area contributed by atoms with Crippen LogP contribution in [0.4, 0.5) is 0 Å². The zero-order chi connectivity index (χ0) is 18.8. The van der Waals surface area contributed by atoms with Crippen molar-refractivity contribution in [3.8, 4) is 17.6 Å². The first-order chi connectivity index (χ1) is 12.6. The second-order valence-corrected chi connectivity index (χ2v) is 5.62. The van der Waals surface area contributed by atoms with Gasteiger partial charge in [0.25, 0.3) is 5.91 Å². The first-order valence-corrected chi connectivity index (χ1v) is 8.33. The number of amides is 1. The monoisotopic (exact) mass is 371 g/mol. The average molecular weight is 372 g/mol. The van der Waals surface area contributed by atoms with Gasteiger partial charge in [-0.15, -0.1) is 0 Å². The molecule has 0 saturated heterocycles. The minimum atomic E-state index is -0.463. The zero-order valence-corrected chi connectivity index (χ0v) is 15.0. The molecule has 2 rings (SSSR count). The number of carbonyl (C=O) groups is 1. The molecule has 0 aliphatic rings. The fourth-order valence-corrected chi connectivity index (χ4v) is 2.28. The lowest BCUT2D eigenvalue weighted by molar-refractivity contribution is -0.120. The summed E-state index contributed by atoms with van der Waals surface area (Å²) in [5.41, 5.74) is 3.95. The maximum atomic E-state index is 11.2. The van der Waals surface area contributed by atoms with E-state index in [1.165, 1.54) is 6.21 Å². The fraction of sp³-hybridized carbons (Fsp3) is 0.211. The summed E-state index contributed by atoms with van der Waals surface area (Å²) in [6.07, 6.45) is 1.23. The standard InChI is InChI=1S/C19H18ClN3O3/c1-2-25-18-11-14(12-22-23-19(24)8-9-21)6-7-17(18)26-13-15-4-3-5-16(20)10-15/h3-7,10-12H,2,8,13H2,1H3,(H,23,24)/b22-12-. The van der Waals surface area contributed by atoms with Crippen molar-refractivity contribution in [2.24, 2.45) is 5.10 Å². The van der Waals surface area contributed by atoms with E-state index in [0.29, 0.717) is 29.7 Å². The smallest absolute Gasteiger partial charge is 0.254 e. The van der Waals surface area contributed by atoms with Gasteiger partial charge in [-0.1, -0.05) is 23.7 Å². The molecule has 2 aromatic carbocycles. The molecule has 26 heavy (non-hydrogen) atoms. The molecular weight excluding hydrogens is 354 g/mol. The Hall–Kier alpha value is -3.04. The second-order valence-electron chi connectivity index (χ2n) is 5.19. The first-order valence-electron chi connectivity index (χ1n) is 7.95. The van der Waals surface area contributed by atoms with Gasteiger partial charge in [-0.05, 0) is 48.4 Å². The van der Waals surface area contributed by atoms with Gasteiger partial charge in [-0.3, -0.25) is 4.79 Å². The maximum Gasteiger partial charge on any atom is 0.254 e. The molecule has 0 saturated carbocycles. The number of nitrogens with one attached hydrogen (secondary N) is 1. The van der Waals surface area contributed by atoms with Crippen LogP contribution in [0.2, 0.25) is 5.02 Å². The molecule has 1 N–H and O–H groups in total. The van der Waals surface area contributed by atoms with Gasteiger partial charge in [0.2, 0.25) is 0 Å². The number of halogens is 1. The number of benzene rings is 2. The van der Waals surface area contributed by atoms with Gasteiger partial charge in [-0.25, -0.2) is 5.43 Å². The van der Waals surface area contributed by atoms with Crippen molar-refractivity contribution in [1.82, 2.24) is 5.43 Å².